The summed E-state index contributed by atoms with van der Waals surface area (Å²) in [4.78, 5) is 27.6. The molecule has 0 aliphatic carbocycles. The molecule has 4 rings (SSSR count). The van der Waals surface area contributed by atoms with Gasteiger partial charge in [-0.25, -0.2) is 4.98 Å². The van der Waals surface area contributed by atoms with Gasteiger partial charge in [-0.15, -0.1) is 0 Å². The highest BCUT2D eigenvalue weighted by atomic mass is 32.2. The van der Waals surface area contributed by atoms with Crippen LogP contribution in [0, 0.1) is 6.92 Å². The van der Waals surface area contributed by atoms with E-state index in [2.05, 4.69) is 10.3 Å². The van der Waals surface area contributed by atoms with Crippen LogP contribution in [-0.2, 0) is 4.79 Å². The molecule has 8 heteroatoms. The van der Waals surface area contributed by atoms with E-state index in [0.29, 0.717) is 28.0 Å². The number of amides is 2. The van der Waals surface area contributed by atoms with Crippen LogP contribution in [0.1, 0.15) is 23.1 Å². The number of benzene rings is 2. The van der Waals surface area contributed by atoms with Crippen LogP contribution < -0.4 is 10.1 Å². The highest BCUT2D eigenvalue weighted by molar-refractivity contribution is 8.18. The van der Waals surface area contributed by atoms with E-state index >= 15 is 0 Å². The fraction of sp³-hybridized carbons (Fsp3) is 0.136. The zero-order valence-electron chi connectivity index (χ0n) is 16.0. The minimum absolute atomic E-state index is 0.00873. The van der Waals surface area contributed by atoms with E-state index in [9.17, 15) is 14.7 Å². The third kappa shape index (κ3) is 4.45. The quantitative estimate of drug-likeness (QED) is 0.577. The van der Waals surface area contributed by atoms with Crippen molar-refractivity contribution in [2.45, 2.75) is 13.0 Å². The van der Waals surface area contributed by atoms with Crippen LogP contribution in [0.3, 0.4) is 0 Å². The molecule has 1 fully saturated rings. The molecule has 0 spiro atoms. The lowest BCUT2D eigenvalue weighted by molar-refractivity contribution is -0.115. The van der Waals surface area contributed by atoms with Gasteiger partial charge in [0.25, 0.3) is 11.1 Å². The van der Waals surface area contributed by atoms with Crippen LogP contribution in [0.15, 0.2) is 63.9 Å². The van der Waals surface area contributed by atoms with Gasteiger partial charge >= 0.3 is 0 Å². The van der Waals surface area contributed by atoms with Crippen LogP contribution in [0.25, 0.3) is 17.5 Å². The summed E-state index contributed by atoms with van der Waals surface area (Å²) in [5.74, 6) is 1.15. The summed E-state index contributed by atoms with van der Waals surface area (Å²) in [5, 5.41) is 12.3. The number of nitrogens with one attached hydrogen (secondary N) is 1. The number of carbonyl (C=O) groups excluding carboxylic acids is 2. The first-order chi connectivity index (χ1) is 14.5. The summed E-state index contributed by atoms with van der Waals surface area (Å²) in [6.45, 7) is 1.76. The second-order valence-corrected chi connectivity index (χ2v) is 7.59. The van der Waals surface area contributed by atoms with Crippen LogP contribution in [-0.4, -0.2) is 27.8 Å². The molecule has 2 heterocycles. The van der Waals surface area contributed by atoms with Gasteiger partial charge in [-0.2, -0.15) is 0 Å². The van der Waals surface area contributed by atoms with Gasteiger partial charge in [0.05, 0.1) is 4.91 Å². The average Bonchev–Trinajstić information content (AvgIpc) is 3.29. The maximum atomic E-state index is 11.6. The number of imide groups is 1. The first-order valence-corrected chi connectivity index (χ1v) is 10.00. The molecule has 1 aliphatic heterocycles. The largest absolute Gasteiger partial charge is 0.490 e. The van der Waals surface area contributed by atoms with Gasteiger partial charge < -0.3 is 14.3 Å². The molecule has 1 aliphatic rings. The van der Waals surface area contributed by atoms with Gasteiger partial charge in [-0.05, 0) is 54.6 Å². The van der Waals surface area contributed by atoms with Crippen LogP contribution in [0.5, 0.6) is 5.75 Å². The molecule has 152 valence electrons. The Balaban J connectivity index is 1.39. The van der Waals surface area contributed by atoms with E-state index in [1.807, 2.05) is 30.3 Å². The molecule has 7 nitrogen and oxygen atoms in total. The Hall–Kier alpha value is -3.36. The van der Waals surface area contributed by atoms with Crippen LogP contribution >= 0.6 is 11.8 Å². The van der Waals surface area contributed by atoms with E-state index in [-0.39, 0.29) is 11.8 Å². The first-order valence-electron chi connectivity index (χ1n) is 9.18. The molecule has 3 aromatic rings. The lowest BCUT2D eigenvalue weighted by atomic mass is 10.2. The number of aromatic nitrogens is 1. The molecule has 0 radical (unpaired) electrons. The Labute approximate surface area is 176 Å². The smallest absolute Gasteiger partial charge is 0.290 e. The molecule has 30 heavy (non-hydrogen) atoms. The van der Waals surface area contributed by atoms with Crippen molar-refractivity contribution in [2.24, 2.45) is 0 Å². The zero-order chi connectivity index (χ0) is 21.1. The van der Waals surface area contributed by atoms with Crippen molar-refractivity contribution < 1.29 is 23.8 Å². The van der Waals surface area contributed by atoms with Crippen molar-refractivity contribution in [3.63, 3.8) is 0 Å². The number of nitrogens with zero attached hydrogens (tertiary/aromatic N) is 1. The van der Waals surface area contributed by atoms with Crippen molar-refractivity contribution in [1.82, 2.24) is 10.3 Å². The zero-order valence-corrected chi connectivity index (χ0v) is 16.8. The predicted octanol–water partition coefficient (Wildman–Crippen LogP) is 4.09. The molecule has 0 saturated carbocycles. The van der Waals surface area contributed by atoms with Crippen molar-refractivity contribution in [3.8, 4) is 17.2 Å². The Morgan fingerprint density at radius 2 is 1.90 bits per heavy atom. The van der Waals surface area contributed by atoms with Gasteiger partial charge in [0.1, 0.15) is 29.9 Å². The van der Waals surface area contributed by atoms with Gasteiger partial charge in [-0.3, -0.25) is 14.9 Å². The molecule has 1 saturated heterocycles. The van der Waals surface area contributed by atoms with Crippen molar-refractivity contribution >= 4 is 29.0 Å². The Morgan fingerprint density at radius 3 is 2.57 bits per heavy atom. The summed E-state index contributed by atoms with van der Waals surface area (Å²) in [7, 11) is 0. The molecular formula is C22H18N2O5S. The number of rotatable bonds is 6. The van der Waals surface area contributed by atoms with Gasteiger partial charge in [0.15, 0.2) is 0 Å². The maximum Gasteiger partial charge on any atom is 0.290 e. The summed E-state index contributed by atoms with van der Waals surface area (Å²) >= 11 is 0.868. The fourth-order valence-corrected chi connectivity index (χ4v) is 3.59. The number of hydrogen-bond acceptors (Lipinski definition) is 7. The summed E-state index contributed by atoms with van der Waals surface area (Å²) in [6.07, 6.45) is 0.686. The third-order valence-corrected chi connectivity index (χ3v) is 5.21. The molecular weight excluding hydrogens is 404 g/mol. The highest BCUT2D eigenvalue weighted by Gasteiger charge is 2.25. The number of carbonyl (C=O) groups is 2. The van der Waals surface area contributed by atoms with E-state index in [4.69, 9.17) is 9.15 Å². The highest BCUT2D eigenvalue weighted by Crippen LogP contribution is 2.27. The normalized spacial score (nSPS) is 16.0. The minimum atomic E-state index is -0.947. The van der Waals surface area contributed by atoms with Crippen molar-refractivity contribution in [3.05, 3.63) is 76.5 Å². The topological polar surface area (TPSA) is 102 Å². The van der Waals surface area contributed by atoms with E-state index in [1.54, 1.807) is 37.3 Å². The number of aryl methyl sites for hydroxylation is 1. The van der Waals surface area contributed by atoms with E-state index in [1.165, 1.54) is 0 Å². The number of thioether (sulfide) groups is 1. The Kier molecular flexibility index (Phi) is 5.69. The van der Waals surface area contributed by atoms with Crippen molar-refractivity contribution in [2.75, 3.05) is 6.61 Å². The average molecular weight is 422 g/mol. The SMILES string of the molecule is Cc1oc(-c2ccccc2)nc1C(O)COc1ccc(C=C2SC(=O)NC2=O)cc1. The number of oxazole rings is 1. The number of aliphatic hydroxyl groups excluding tert-OH is 1. The lowest BCUT2D eigenvalue weighted by Crippen LogP contribution is -2.17. The van der Waals surface area contributed by atoms with E-state index in [0.717, 1.165) is 22.9 Å². The van der Waals surface area contributed by atoms with Gasteiger partial charge in [0, 0.05) is 5.56 Å². The second kappa shape index (κ2) is 8.56. The van der Waals surface area contributed by atoms with E-state index < -0.39 is 12.0 Å². The van der Waals surface area contributed by atoms with Crippen LogP contribution in [0.4, 0.5) is 4.79 Å². The fourth-order valence-electron chi connectivity index (χ4n) is 2.91. The molecule has 2 N–H and O–H groups in total. The van der Waals surface area contributed by atoms with Crippen molar-refractivity contribution in [1.29, 1.82) is 0 Å². The summed E-state index contributed by atoms with van der Waals surface area (Å²) in [5.41, 5.74) is 2.03. The molecule has 1 unspecified atom stereocenters. The number of ether oxygens (including phenoxy) is 1. The second-order valence-electron chi connectivity index (χ2n) is 6.57. The summed E-state index contributed by atoms with van der Waals surface area (Å²) < 4.78 is 11.3. The minimum Gasteiger partial charge on any atom is -0.490 e. The number of aliphatic hydroxyl groups is 1. The molecule has 2 amide bonds. The first kappa shape index (κ1) is 19.9. The predicted molar refractivity (Wildman–Crippen MR) is 113 cm³/mol. The van der Waals surface area contributed by atoms with Crippen LogP contribution in [0.2, 0.25) is 0 Å². The molecule has 2 aromatic carbocycles. The maximum absolute atomic E-state index is 11.6. The number of hydrogen-bond donors (Lipinski definition) is 2. The van der Waals surface area contributed by atoms with Gasteiger partial charge in [0.2, 0.25) is 5.89 Å². The Bertz CT molecular complexity index is 1110. The summed E-state index contributed by atoms with van der Waals surface area (Å²) in [6, 6.07) is 16.4. The monoisotopic (exact) mass is 422 g/mol. The standard InChI is InChI=1S/C22H18N2O5S/c1-13-19(23-21(29-13)15-5-3-2-4-6-15)17(25)12-28-16-9-7-14(8-10-16)11-18-20(26)24-22(27)30-18/h2-11,17,25H,12H2,1H3,(H,24,26,27). The Morgan fingerprint density at radius 1 is 1.17 bits per heavy atom. The molecule has 1 atom stereocenters. The lowest BCUT2D eigenvalue weighted by Gasteiger charge is -2.11. The molecule has 0 bridgehead atoms. The molecule has 1 aromatic heterocycles. The van der Waals surface area contributed by atoms with Gasteiger partial charge in [-0.1, -0.05) is 30.3 Å². The third-order valence-electron chi connectivity index (χ3n) is 4.40.